The first-order valence-electron chi connectivity index (χ1n) is 16.8. The third-order valence-electron chi connectivity index (χ3n) is 9.34. The summed E-state index contributed by atoms with van der Waals surface area (Å²) in [6, 6.07) is 46.0. The third kappa shape index (κ3) is 5.83. The molecule has 1 amide bonds. The van der Waals surface area contributed by atoms with Gasteiger partial charge in [-0.3, -0.25) is 9.69 Å². The van der Waals surface area contributed by atoms with Crippen LogP contribution in [0.25, 0.3) is 22.3 Å². The Hall–Kier alpha value is -5.69. The van der Waals surface area contributed by atoms with Crippen molar-refractivity contribution in [1.82, 2.24) is 0 Å². The van der Waals surface area contributed by atoms with Crippen LogP contribution in [-0.2, 0) is 10.2 Å². The molecule has 7 rings (SSSR count). The maximum absolute atomic E-state index is 15.6. The molecular weight excluding hydrogens is 622 g/mol. The first-order chi connectivity index (χ1) is 24.4. The Labute approximate surface area is 292 Å². The van der Waals surface area contributed by atoms with Crippen molar-refractivity contribution in [3.63, 3.8) is 0 Å². The van der Waals surface area contributed by atoms with Gasteiger partial charge in [0, 0.05) is 22.4 Å². The number of rotatable bonds is 11. The smallest absolute Gasteiger partial charge is 0.251 e. The summed E-state index contributed by atoms with van der Waals surface area (Å²) in [4.78, 5) is 17.4. The van der Waals surface area contributed by atoms with E-state index in [0.717, 1.165) is 61.4 Å². The number of amides is 1. The van der Waals surface area contributed by atoms with Gasteiger partial charge in [0.25, 0.3) is 5.91 Å². The standard InChI is InChI=1S/C44H39NO5/c1-30-12-16-32(17-13-30)37-28-34(20-22-41(37)49-26-24-46)44(39-10-6-7-11-40(39)45(43(44)48)36-8-4-3-5-9-36)35-21-23-42(50-27-25-47)38(29-35)33-18-14-31(2)15-19-33/h3-23,28-29,46-47H,24-27H2,1-2H3. The average molecular weight is 662 g/mol. The monoisotopic (exact) mass is 661 g/mol. The largest absolute Gasteiger partial charge is 0.491 e. The molecule has 1 aliphatic heterocycles. The molecule has 6 heteroatoms. The number of aliphatic hydroxyl groups is 2. The molecule has 0 fully saturated rings. The van der Waals surface area contributed by atoms with Crippen LogP contribution in [0.1, 0.15) is 27.8 Å². The summed E-state index contributed by atoms with van der Waals surface area (Å²) < 4.78 is 12.1. The van der Waals surface area contributed by atoms with Crippen molar-refractivity contribution < 1.29 is 24.5 Å². The number of carbonyl (C=O) groups is 1. The van der Waals surface area contributed by atoms with Gasteiger partial charge in [-0.2, -0.15) is 0 Å². The molecule has 0 bridgehead atoms. The molecular formula is C44H39NO5. The zero-order valence-corrected chi connectivity index (χ0v) is 28.2. The van der Waals surface area contributed by atoms with Crippen LogP contribution in [0.3, 0.4) is 0 Å². The van der Waals surface area contributed by atoms with Gasteiger partial charge in [0.1, 0.15) is 30.1 Å². The van der Waals surface area contributed by atoms with Crippen molar-refractivity contribution in [2.45, 2.75) is 19.3 Å². The Morgan fingerprint density at radius 1 is 0.580 bits per heavy atom. The Bertz CT molecular complexity index is 2020. The normalized spacial score (nSPS) is 13.3. The summed E-state index contributed by atoms with van der Waals surface area (Å²) >= 11 is 0. The Balaban J connectivity index is 1.54. The number of nitrogens with zero attached hydrogens (tertiary/aromatic N) is 1. The van der Waals surface area contributed by atoms with Gasteiger partial charge in [-0.15, -0.1) is 0 Å². The highest BCUT2D eigenvalue weighted by Gasteiger charge is 2.54. The number of benzene rings is 6. The maximum atomic E-state index is 15.6. The summed E-state index contributed by atoms with van der Waals surface area (Å²) in [7, 11) is 0. The maximum Gasteiger partial charge on any atom is 0.251 e. The van der Waals surface area contributed by atoms with Crippen molar-refractivity contribution in [1.29, 1.82) is 0 Å². The molecule has 1 heterocycles. The zero-order valence-electron chi connectivity index (χ0n) is 28.2. The van der Waals surface area contributed by atoms with Crippen molar-refractivity contribution >= 4 is 17.3 Å². The molecule has 0 atom stereocenters. The lowest BCUT2D eigenvalue weighted by atomic mass is 9.69. The number of hydrogen-bond acceptors (Lipinski definition) is 5. The Morgan fingerprint density at radius 3 is 1.56 bits per heavy atom. The van der Waals surface area contributed by atoms with E-state index in [1.54, 1.807) is 0 Å². The van der Waals surface area contributed by atoms with Gasteiger partial charge in [0.2, 0.25) is 0 Å². The molecule has 50 heavy (non-hydrogen) atoms. The quantitative estimate of drug-likeness (QED) is 0.146. The summed E-state index contributed by atoms with van der Waals surface area (Å²) in [5.41, 5.74) is 8.49. The fourth-order valence-corrected chi connectivity index (χ4v) is 6.94. The summed E-state index contributed by atoms with van der Waals surface area (Å²) in [6.45, 7) is 4.13. The minimum absolute atomic E-state index is 0.109. The van der Waals surface area contributed by atoms with E-state index >= 15 is 4.79 Å². The second kappa shape index (κ2) is 14.0. The fraction of sp³-hybridized carbons (Fsp3) is 0.159. The van der Waals surface area contributed by atoms with Crippen LogP contribution in [0.4, 0.5) is 11.4 Å². The van der Waals surface area contributed by atoms with Gasteiger partial charge in [0.05, 0.1) is 18.9 Å². The molecule has 0 aliphatic carbocycles. The van der Waals surface area contributed by atoms with Crippen LogP contribution in [0.5, 0.6) is 11.5 Å². The second-order valence-electron chi connectivity index (χ2n) is 12.5. The van der Waals surface area contributed by atoms with E-state index in [-0.39, 0.29) is 32.3 Å². The first kappa shape index (κ1) is 32.8. The lowest BCUT2D eigenvalue weighted by Gasteiger charge is -2.32. The molecule has 6 aromatic carbocycles. The number of aryl methyl sites for hydroxylation is 2. The van der Waals surface area contributed by atoms with Gasteiger partial charge in [-0.25, -0.2) is 0 Å². The lowest BCUT2D eigenvalue weighted by molar-refractivity contribution is -0.120. The average Bonchev–Trinajstić information content (AvgIpc) is 3.42. The molecule has 0 radical (unpaired) electrons. The van der Waals surface area contributed by atoms with Crippen molar-refractivity contribution in [2.75, 3.05) is 31.3 Å². The van der Waals surface area contributed by atoms with Crippen molar-refractivity contribution in [2.24, 2.45) is 0 Å². The molecule has 1 aliphatic rings. The number of para-hydroxylation sites is 2. The van der Waals surface area contributed by atoms with Crippen molar-refractivity contribution in [3.05, 3.63) is 167 Å². The summed E-state index contributed by atoms with van der Waals surface area (Å²) in [5.74, 6) is 1.13. The third-order valence-corrected chi connectivity index (χ3v) is 9.34. The molecule has 6 nitrogen and oxygen atoms in total. The van der Waals surface area contributed by atoms with Crippen LogP contribution in [0.2, 0.25) is 0 Å². The van der Waals surface area contributed by atoms with E-state index in [9.17, 15) is 10.2 Å². The lowest BCUT2D eigenvalue weighted by Crippen LogP contribution is -2.40. The number of carbonyl (C=O) groups excluding carboxylic acids is 1. The predicted molar refractivity (Wildman–Crippen MR) is 198 cm³/mol. The molecule has 0 spiro atoms. The van der Waals surface area contributed by atoms with E-state index in [1.807, 2.05) is 97.6 Å². The van der Waals surface area contributed by atoms with Crippen LogP contribution >= 0.6 is 0 Å². The second-order valence-corrected chi connectivity index (χ2v) is 12.5. The van der Waals surface area contributed by atoms with Crippen LogP contribution in [0.15, 0.2) is 140 Å². The summed E-state index contributed by atoms with van der Waals surface area (Å²) in [5, 5.41) is 19.3. The van der Waals surface area contributed by atoms with E-state index in [0.29, 0.717) is 11.5 Å². The van der Waals surface area contributed by atoms with E-state index in [4.69, 9.17) is 9.47 Å². The number of aliphatic hydroxyl groups excluding tert-OH is 2. The molecule has 250 valence electrons. The highest BCUT2D eigenvalue weighted by Crippen LogP contribution is 2.54. The van der Waals surface area contributed by atoms with Crippen molar-refractivity contribution in [3.8, 4) is 33.8 Å². The first-order valence-corrected chi connectivity index (χ1v) is 16.8. The predicted octanol–water partition coefficient (Wildman–Crippen LogP) is 8.39. The van der Waals surface area contributed by atoms with E-state index in [2.05, 4.69) is 60.7 Å². The van der Waals surface area contributed by atoms with Gasteiger partial charge < -0.3 is 19.7 Å². The molecule has 0 saturated carbocycles. The number of ether oxygens (including phenoxy) is 2. The number of fused-ring (bicyclic) bond motifs is 1. The molecule has 2 N–H and O–H groups in total. The molecule has 0 unspecified atom stereocenters. The van der Waals surface area contributed by atoms with Gasteiger partial charge >= 0.3 is 0 Å². The van der Waals surface area contributed by atoms with Gasteiger partial charge in [-0.05, 0) is 78.6 Å². The molecule has 6 aromatic rings. The number of anilines is 2. The van der Waals surface area contributed by atoms with Gasteiger partial charge in [-0.1, -0.05) is 108 Å². The SMILES string of the molecule is Cc1ccc(-c2cc(C3(c4ccc(OCCO)c(-c5ccc(C)cc5)c4)C(=O)N(c4ccccc4)c4ccccc43)ccc2OCCO)cc1. The van der Waals surface area contributed by atoms with Crippen LogP contribution < -0.4 is 14.4 Å². The van der Waals surface area contributed by atoms with E-state index < -0.39 is 5.41 Å². The van der Waals surface area contributed by atoms with Crippen LogP contribution in [0, 0.1) is 13.8 Å². The highest BCUT2D eigenvalue weighted by molar-refractivity contribution is 6.17. The highest BCUT2D eigenvalue weighted by atomic mass is 16.5. The zero-order chi connectivity index (χ0) is 34.7. The van der Waals surface area contributed by atoms with E-state index in [1.165, 1.54) is 0 Å². The van der Waals surface area contributed by atoms with Gasteiger partial charge in [0.15, 0.2) is 0 Å². The Kier molecular flexibility index (Phi) is 9.22. The fourth-order valence-electron chi connectivity index (χ4n) is 6.94. The number of hydrogen-bond donors (Lipinski definition) is 2. The Morgan fingerprint density at radius 2 is 1.06 bits per heavy atom. The summed E-state index contributed by atoms with van der Waals surface area (Å²) in [6.07, 6.45) is 0. The molecule has 0 saturated heterocycles. The minimum Gasteiger partial charge on any atom is -0.491 e. The minimum atomic E-state index is -1.27. The molecule has 0 aromatic heterocycles. The van der Waals surface area contributed by atoms with Crippen LogP contribution in [-0.4, -0.2) is 42.5 Å². The topological polar surface area (TPSA) is 79.2 Å².